The molecule has 0 unspecified atom stereocenters. The maximum absolute atomic E-state index is 2.55. The van der Waals surface area contributed by atoms with Gasteiger partial charge in [-0.1, -0.05) is 154 Å². The summed E-state index contributed by atoms with van der Waals surface area (Å²) in [5, 5.41) is 0. The molecule has 2 aliphatic carbocycles. The van der Waals surface area contributed by atoms with Crippen LogP contribution in [0.4, 0.5) is 17.1 Å². The van der Waals surface area contributed by atoms with Gasteiger partial charge in [-0.15, -0.1) is 0 Å². The summed E-state index contributed by atoms with van der Waals surface area (Å²) < 4.78 is 0. The molecule has 0 saturated carbocycles. The van der Waals surface area contributed by atoms with E-state index in [0.717, 1.165) is 0 Å². The van der Waals surface area contributed by atoms with E-state index in [-0.39, 0.29) is 10.8 Å². The molecule has 1 nitrogen and oxygen atoms in total. The van der Waals surface area contributed by atoms with E-state index in [1.54, 1.807) is 0 Å². The highest BCUT2D eigenvalue weighted by Crippen LogP contribution is 2.54. The van der Waals surface area contributed by atoms with Gasteiger partial charge in [-0.25, -0.2) is 0 Å². The van der Waals surface area contributed by atoms with Crippen LogP contribution in [-0.4, -0.2) is 0 Å². The third-order valence-corrected chi connectivity index (χ3v) is 12.2. The Morgan fingerprint density at radius 1 is 0.385 bits per heavy atom. The average molecular weight is 680 g/mol. The molecule has 262 valence electrons. The molecule has 0 amide bonds. The van der Waals surface area contributed by atoms with Gasteiger partial charge in [-0.05, 0) is 121 Å². The lowest BCUT2D eigenvalue weighted by Gasteiger charge is -2.32. The number of hydrogen-bond acceptors (Lipinski definition) is 1. The van der Waals surface area contributed by atoms with Crippen LogP contribution in [0.2, 0.25) is 0 Å². The van der Waals surface area contributed by atoms with Crippen molar-refractivity contribution in [2.24, 2.45) is 0 Å². The fraction of sp³-hybridized carbons (Fsp3) is 0.294. The number of rotatable bonds is 7. The first-order chi connectivity index (χ1) is 24.8. The van der Waals surface area contributed by atoms with Gasteiger partial charge in [-0.2, -0.15) is 0 Å². The summed E-state index contributed by atoms with van der Waals surface area (Å²) in [6.07, 6.45) is 0. The van der Waals surface area contributed by atoms with Crippen LogP contribution in [0, 0.1) is 0 Å². The summed E-state index contributed by atoms with van der Waals surface area (Å²) in [7, 11) is 0. The molecule has 6 aromatic carbocycles. The van der Waals surface area contributed by atoms with E-state index in [1.807, 2.05) is 0 Å². The molecule has 0 fully saturated rings. The zero-order valence-electron chi connectivity index (χ0n) is 32.7. The van der Waals surface area contributed by atoms with E-state index < -0.39 is 0 Å². The second kappa shape index (κ2) is 12.4. The molecule has 0 aliphatic heterocycles. The molecule has 0 spiro atoms. The molecular weight excluding hydrogens is 627 g/mol. The minimum Gasteiger partial charge on any atom is -0.310 e. The molecule has 0 radical (unpaired) electrons. The first-order valence-corrected chi connectivity index (χ1v) is 19.4. The minimum atomic E-state index is -0.0999. The van der Waals surface area contributed by atoms with Crippen LogP contribution in [0.3, 0.4) is 0 Å². The Kier molecular flexibility index (Phi) is 8.14. The molecule has 8 rings (SSSR count). The molecule has 0 atom stereocenters. The first kappa shape index (κ1) is 34.2. The Balaban J connectivity index is 1.41. The maximum atomic E-state index is 2.55. The van der Waals surface area contributed by atoms with Gasteiger partial charge in [0.2, 0.25) is 0 Å². The molecule has 1 heteroatoms. The maximum Gasteiger partial charge on any atom is 0.0540 e. The van der Waals surface area contributed by atoms with Gasteiger partial charge in [-0.3, -0.25) is 0 Å². The highest BCUT2D eigenvalue weighted by Gasteiger charge is 2.38. The van der Waals surface area contributed by atoms with Crippen LogP contribution < -0.4 is 4.90 Å². The average Bonchev–Trinajstić information content (AvgIpc) is 3.50. The van der Waals surface area contributed by atoms with Gasteiger partial charge in [0, 0.05) is 27.8 Å². The molecule has 0 heterocycles. The van der Waals surface area contributed by atoms with Gasteiger partial charge in [0.05, 0.1) is 5.69 Å². The van der Waals surface area contributed by atoms with Gasteiger partial charge < -0.3 is 4.90 Å². The van der Waals surface area contributed by atoms with E-state index in [1.165, 1.54) is 89.4 Å². The van der Waals surface area contributed by atoms with E-state index >= 15 is 0 Å². The fourth-order valence-electron chi connectivity index (χ4n) is 8.93. The van der Waals surface area contributed by atoms with Gasteiger partial charge >= 0.3 is 0 Å². The standard InChI is InChI=1S/C51H53N/c1-31(2)34-19-24-49(44(28-34)37-26-35(32(3)4)25-36(27-37)33(5)6)52(38-20-22-42-40-15-11-13-17-45(40)50(7,8)47(42)29-38)39-21-23-43-41-16-12-14-18-46(41)51(9,10)48(43)30-39/h11-33H,1-10H3. The molecule has 0 N–H and O–H groups in total. The van der Waals surface area contributed by atoms with Crippen molar-refractivity contribution in [3.63, 3.8) is 0 Å². The topological polar surface area (TPSA) is 3.24 Å². The Hall–Kier alpha value is -4.88. The van der Waals surface area contributed by atoms with E-state index in [0.29, 0.717) is 17.8 Å². The summed E-state index contributed by atoms with van der Waals surface area (Å²) in [5.41, 5.74) is 21.1. The third-order valence-electron chi connectivity index (χ3n) is 12.2. The minimum absolute atomic E-state index is 0.0999. The Morgan fingerprint density at radius 3 is 1.29 bits per heavy atom. The van der Waals surface area contributed by atoms with E-state index in [2.05, 4.69) is 195 Å². The van der Waals surface area contributed by atoms with E-state index in [4.69, 9.17) is 0 Å². The predicted molar refractivity (Wildman–Crippen MR) is 224 cm³/mol. The lowest BCUT2D eigenvalue weighted by molar-refractivity contribution is 0.660. The summed E-state index contributed by atoms with van der Waals surface area (Å²) in [5.74, 6) is 1.29. The number of benzene rings is 6. The Bertz CT molecular complexity index is 2210. The highest BCUT2D eigenvalue weighted by molar-refractivity contribution is 5.92. The molecule has 2 aliphatic rings. The van der Waals surface area contributed by atoms with Crippen LogP contribution in [0.1, 0.15) is 126 Å². The van der Waals surface area contributed by atoms with Crippen molar-refractivity contribution in [1.82, 2.24) is 0 Å². The third kappa shape index (κ3) is 5.35. The van der Waals surface area contributed by atoms with Crippen molar-refractivity contribution in [2.75, 3.05) is 4.90 Å². The van der Waals surface area contributed by atoms with Crippen LogP contribution in [-0.2, 0) is 10.8 Å². The summed E-state index contributed by atoms with van der Waals surface area (Å²) in [6.45, 7) is 23.4. The largest absolute Gasteiger partial charge is 0.310 e. The van der Waals surface area contributed by atoms with Crippen LogP contribution in [0.5, 0.6) is 0 Å². The molecule has 0 bridgehead atoms. The normalized spacial score (nSPS) is 14.8. The molecule has 0 saturated heterocycles. The Labute approximate surface area is 312 Å². The molecular formula is C51H53N. The monoisotopic (exact) mass is 679 g/mol. The Morgan fingerprint density at radius 2 is 0.827 bits per heavy atom. The molecule has 0 aromatic heterocycles. The SMILES string of the molecule is CC(C)c1cc(-c2cc(C(C)C)ccc2N(c2ccc3c(c2)C(C)(C)c2ccccc2-3)c2ccc3c(c2)C(C)(C)c2ccccc2-3)cc(C(C)C)c1. The fourth-order valence-corrected chi connectivity index (χ4v) is 8.93. The zero-order chi connectivity index (χ0) is 36.7. The molecule has 52 heavy (non-hydrogen) atoms. The lowest BCUT2D eigenvalue weighted by atomic mass is 9.82. The lowest BCUT2D eigenvalue weighted by Crippen LogP contribution is -2.18. The van der Waals surface area contributed by atoms with E-state index in [9.17, 15) is 0 Å². The number of nitrogens with zero attached hydrogens (tertiary/aromatic N) is 1. The van der Waals surface area contributed by atoms with Gasteiger partial charge in [0.25, 0.3) is 0 Å². The number of hydrogen-bond donors (Lipinski definition) is 0. The van der Waals surface area contributed by atoms with Crippen molar-refractivity contribution < 1.29 is 0 Å². The quantitative estimate of drug-likeness (QED) is 0.162. The van der Waals surface area contributed by atoms with Crippen LogP contribution in [0.15, 0.2) is 121 Å². The van der Waals surface area contributed by atoms with Crippen molar-refractivity contribution in [3.05, 3.63) is 160 Å². The zero-order valence-corrected chi connectivity index (χ0v) is 32.7. The number of fused-ring (bicyclic) bond motifs is 6. The molecule has 6 aromatic rings. The van der Waals surface area contributed by atoms with Crippen molar-refractivity contribution >= 4 is 17.1 Å². The first-order valence-electron chi connectivity index (χ1n) is 19.4. The highest BCUT2D eigenvalue weighted by atomic mass is 15.1. The van der Waals surface area contributed by atoms with Gasteiger partial charge in [0.15, 0.2) is 0 Å². The van der Waals surface area contributed by atoms with Crippen molar-refractivity contribution in [3.8, 4) is 33.4 Å². The van der Waals surface area contributed by atoms with Gasteiger partial charge in [0.1, 0.15) is 0 Å². The van der Waals surface area contributed by atoms with Crippen molar-refractivity contribution in [2.45, 2.75) is 97.8 Å². The van der Waals surface area contributed by atoms with Crippen molar-refractivity contribution in [1.29, 1.82) is 0 Å². The summed E-state index contributed by atoms with van der Waals surface area (Å²) in [4.78, 5) is 2.55. The van der Waals surface area contributed by atoms with Crippen LogP contribution in [0.25, 0.3) is 33.4 Å². The summed E-state index contributed by atoms with van der Waals surface area (Å²) in [6, 6.07) is 46.9. The second-order valence-corrected chi connectivity index (χ2v) is 17.3. The second-order valence-electron chi connectivity index (χ2n) is 17.3. The predicted octanol–water partition coefficient (Wildman–Crippen LogP) is 14.8. The number of anilines is 3. The summed E-state index contributed by atoms with van der Waals surface area (Å²) >= 11 is 0. The van der Waals surface area contributed by atoms with Crippen LogP contribution >= 0.6 is 0 Å². The smallest absolute Gasteiger partial charge is 0.0540 e.